The topological polar surface area (TPSA) is 30.9 Å². The molecule has 3 heteroatoms. The van der Waals surface area contributed by atoms with Crippen LogP contribution in [0.15, 0.2) is 48.7 Å². The standard InChI is InChI=1S/C18H19ClN2/c1-13-5-6-15(17(19)11-13)12-21-10-8-16-14(7-9-20)3-2-4-18(16)21/h2-6,8,10-11H,7,9,12,20H2,1H3. The Labute approximate surface area is 130 Å². The molecule has 0 bridgehead atoms. The van der Waals surface area contributed by atoms with Gasteiger partial charge in [0.1, 0.15) is 0 Å². The van der Waals surface area contributed by atoms with Gasteiger partial charge >= 0.3 is 0 Å². The smallest absolute Gasteiger partial charge is 0.0490 e. The third-order valence-electron chi connectivity index (χ3n) is 3.87. The monoisotopic (exact) mass is 298 g/mol. The number of benzene rings is 2. The summed E-state index contributed by atoms with van der Waals surface area (Å²) in [7, 11) is 0. The van der Waals surface area contributed by atoms with Crippen molar-refractivity contribution in [2.24, 2.45) is 5.73 Å². The van der Waals surface area contributed by atoms with Crippen molar-refractivity contribution in [2.45, 2.75) is 19.9 Å². The van der Waals surface area contributed by atoms with Crippen LogP contribution in [0.25, 0.3) is 10.9 Å². The Balaban J connectivity index is 1.99. The minimum atomic E-state index is 0.675. The molecule has 0 radical (unpaired) electrons. The van der Waals surface area contributed by atoms with Gasteiger partial charge in [-0.2, -0.15) is 0 Å². The van der Waals surface area contributed by atoms with Crippen molar-refractivity contribution in [1.29, 1.82) is 0 Å². The zero-order valence-corrected chi connectivity index (χ0v) is 12.9. The van der Waals surface area contributed by atoms with Crippen LogP contribution in [0.1, 0.15) is 16.7 Å². The van der Waals surface area contributed by atoms with Crippen LogP contribution in [-0.2, 0) is 13.0 Å². The van der Waals surface area contributed by atoms with Gasteiger partial charge in [0.05, 0.1) is 0 Å². The maximum atomic E-state index is 6.35. The van der Waals surface area contributed by atoms with E-state index in [-0.39, 0.29) is 0 Å². The SMILES string of the molecule is Cc1ccc(Cn2ccc3c(CCN)cccc32)c(Cl)c1. The minimum Gasteiger partial charge on any atom is -0.343 e. The van der Waals surface area contributed by atoms with Crippen LogP contribution in [0.3, 0.4) is 0 Å². The van der Waals surface area contributed by atoms with Gasteiger partial charge in [-0.15, -0.1) is 0 Å². The van der Waals surface area contributed by atoms with E-state index in [1.165, 1.54) is 22.0 Å². The summed E-state index contributed by atoms with van der Waals surface area (Å²) >= 11 is 6.35. The minimum absolute atomic E-state index is 0.675. The zero-order chi connectivity index (χ0) is 14.8. The van der Waals surface area contributed by atoms with Crippen molar-refractivity contribution < 1.29 is 0 Å². The van der Waals surface area contributed by atoms with Gasteiger partial charge in [0, 0.05) is 28.7 Å². The van der Waals surface area contributed by atoms with Gasteiger partial charge in [-0.25, -0.2) is 0 Å². The molecule has 0 amide bonds. The molecule has 1 heterocycles. The van der Waals surface area contributed by atoms with Crippen LogP contribution in [0.5, 0.6) is 0 Å². The normalized spacial score (nSPS) is 11.2. The van der Waals surface area contributed by atoms with E-state index in [1.54, 1.807) is 0 Å². The second-order valence-corrected chi connectivity index (χ2v) is 5.83. The molecule has 0 saturated heterocycles. The molecule has 21 heavy (non-hydrogen) atoms. The van der Waals surface area contributed by atoms with Crippen LogP contribution in [0.4, 0.5) is 0 Å². The molecular formula is C18H19ClN2. The van der Waals surface area contributed by atoms with Gasteiger partial charge < -0.3 is 10.3 Å². The number of aryl methyl sites for hydroxylation is 1. The summed E-state index contributed by atoms with van der Waals surface area (Å²) in [5.41, 5.74) is 10.6. The predicted octanol–water partition coefficient (Wildman–Crippen LogP) is 4.15. The Morgan fingerprint density at radius 2 is 1.95 bits per heavy atom. The highest BCUT2D eigenvalue weighted by Gasteiger charge is 2.07. The van der Waals surface area contributed by atoms with E-state index in [0.717, 1.165) is 23.6 Å². The van der Waals surface area contributed by atoms with Crippen molar-refractivity contribution in [3.05, 3.63) is 70.4 Å². The lowest BCUT2D eigenvalue weighted by Gasteiger charge is -2.09. The second-order valence-electron chi connectivity index (χ2n) is 5.43. The fourth-order valence-corrected chi connectivity index (χ4v) is 3.06. The van der Waals surface area contributed by atoms with Crippen LogP contribution < -0.4 is 5.73 Å². The molecular weight excluding hydrogens is 280 g/mol. The lowest BCUT2D eigenvalue weighted by atomic mass is 10.1. The molecule has 0 aliphatic heterocycles. The van der Waals surface area contributed by atoms with Crippen LogP contribution in [-0.4, -0.2) is 11.1 Å². The van der Waals surface area contributed by atoms with Gasteiger partial charge in [-0.1, -0.05) is 35.9 Å². The molecule has 0 unspecified atom stereocenters. The molecule has 2 aromatic carbocycles. The highest BCUT2D eigenvalue weighted by atomic mass is 35.5. The molecule has 0 aliphatic carbocycles. The van der Waals surface area contributed by atoms with E-state index in [1.807, 2.05) is 6.07 Å². The van der Waals surface area contributed by atoms with Crippen molar-refractivity contribution in [1.82, 2.24) is 4.57 Å². The van der Waals surface area contributed by atoms with Gasteiger partial charge in [0.15, 0.2) is 0 Å². The van der Waals surface area contributed by atoms with E-state index in [4.69, 9.17) is 17.3 Å². The summed E-state index contributed by atoms with van der Waals surface area (Å²) in [6, 6.07) is 14.8. The molecule has 1 aromatic heterocycles. The summed E-state index contributed by atoms with van der Waals surface area (Å²) in [4.78, 5) is 0. The van der Waals surface area contributed by atoms with Crippen LogP contribution in [0.2, 0.25) is 5.02 Å². The lowest BCUT2D eigenvalue weighted by Crippen LogP contribution is -2.03. The number of hydrogen-bond donors (Lipinski definition) is 1. The third-order valence-corrected chi connectivity index (χ3v) is 4.22. The maximum absolute atomic E-state index is 6.35. The van der Waals surface area contributed by atoms with E-state index >= 15 is 0 Å². The van der Waals surface area contributed by atoms with E-state index < -0.39 is 0 Å². The fraction of sp³-hybridized carbons (Fsp3) is 0.222. The number of fused-ring (bicyclic) bond motifs is 1. The highest BCUT2D eigenvalue weighted by Crippen LogP contribution is 2.24. The molecule has 0 fully saturated rings. The molecule has 108 valence electrons. The van der Waals surface area contributed by atoms with Gasteiger partial charge in [0.25, 0.3) is 0 Å². The number of rotatable bonds is 4. The van der Waals surface area contributed by atoms with Crippen molar-refractivity contribution in [2.75, 3.05) is 6.54 Å². The first-order valence-electron chi connectivity index (χ1n) is 7.21. The third kappa shape index (κ3) is 2.82. The quantitative estimate of drug-likeness (QED) is 0.770. The Hall–Kier alpha value is -1.77. The first-order chi connectivity index (χ1) is 10.2. The van der Waals surface area contributed by atoms with Crippen molar-refractivity contribution in [3.63, 3.8) is 0 Å². The molecule has 0 saturated carbocycles. The summed E-state index contributed by atoms with van der Waals surface area (Å²) in [5.74, 6) is 0. The molecule has 3 rings (SSSR count). The highest BCUT2D eigenvalue weighted by molar-refractivity contribution is 6.31. The average Bonchev–Trinajstić information content (AvgIpc) is 2.87. The Morgan fingerprint density at radius 1 is 1.10 bits per heavy atom. The van der Waals surface area contributed by atoms with E-state index in [2.05, 4.69) is 54.1 Å². The number of nitrogens with zero attached hydrogens (tertiary/aromatic N) is 1. The number of aromatic nitrogens is 1. The lowest BCUT2D eigenvalue weighted by molar-refractivity contribution is 0.836. The van der Waals surface area contributed by atoms with Gasteiger partial charge in [-0.3, -0.25) is 0 Å². The summed E-state index contributed by atoms with van der Waals surface area (Å²) in [5, 5.41) is 2.11. The Kier molecular flexibility index (Phi) is 4.00. The second kappa shape index (κ2) is 5.92. The first kappa shape index (κ1) is 14.2. The summed E-state index contributed by atoms with van der Waals surface area (Å²) < 4.78 is 2.24. The predicted molar refractivity (Wildman–Crippen MR) is 90.0 cm³/mol. The number of halogens is 1. The number of nitrogens with two attached hydrogens (primary N) is 1. The summed E-state index contributed by atoms with van der Waals surface area (Å²) in [6.45, 7) is 3.52. The maximum Gasteiger partial charge on any atom is 0.0490 e. The van der Waals surface area contributed by atoms with E-state index in [0.29, 0.717) is 6.54 Å². The molecule has 2 nitrogen and oxygen atoms in total. The first-order valence-corrected chi connectivity index (χ1v) is 7.58. The molecule has 3 aromatic rings. The van der Waals surface area contributed by atoms with Crippen LogP contribution >= 0.6 is 11.6 Å². The van der Waals surface area contributed by atoms with Crippen LogP contribution in [0, 0.1) is 6.92 Å². The molecule has 0 aliphatic rings. The molecule has 0 atom stereocenters. The molecule has 2 N–H and O–H groups in total. The fourth-order valence-electron chi connectivity index (χ4n) is 2.76. The average molecular weight is 299 g/mol. The zero-order valence-electron chi connectivity index (χ0n) is 12.1. The number of hydrogen-bond acceptors (Lipinski definition) is 1. The largest absolute Gasteiger partial charge is 0.343 e. The molecule has 0 spiro atoms. The Bertz CT molecular complexity index is 774. The Morgan fingerprint density at radius 3 is 2.71 bits per heavy atom. The summed E-state index contributed by atoms with van der Waals surface area (Å²) in [6.07, 6.45) is 3.04. The van der Waals surface area contributed by atoms with Gasteiger partial charge in [0.2, 0.25) is 0 Å². The van der Waals surface area contributed by atoms with Crippen molar-refractivity contribution in [3.8, 4) is 0 Å². The van der Waals surface area contributed by atoms with E-state index in [9.17, 15) is 0 Å². The van der Waals surface area contributed by atoms with Gasteiger partial charge in [-0.05, 0) is 54.8 Å². The van der Waals surface area contributed by atoms with Crippen molar-refractivity contribution >= 4 is 22.5 Å².